The first-order valence-corrected chi connectivity index (χ1v) is 8.76. The number of nitrogens with two attached hydrogens (primary N) is 1. The van der Waals surface area contributed by atoms with Gasteiger partial charge in [-0.1, -0.05) is 36.5 Å². The minimum Gasteiger partial charge on any atom is -0.397 e. The summed E-state index contributed by atoms with van der Waals surface area (Å²) in [5.41, 5.74) is 8.10. The minimum atomic E-state index is -0.166. The number of hydrogen-bond donors (Lipinski definition) is 1. The van der Waals surface area contributed by atoms with E-state index >= 15 is 0 Å². The van der Waals surface area contributed by atoms with E-state index in [4.69, 9.17) is 28.9 Å². The summed E-state index contributed by atoms with van der Waals surface area (Å²) in [6.07, 6.45) is 1.93. The quantitative estimate of drug-likeness (QED) is 0.633. The molecule has 2 heterocycles. The Hall–Kier alpha value is -1.62. The number of pyridine rings is 1. The van der Waals surface area contributed by atoms with Gasteiger partial charge < -0.3 is 5.73 Å². The average Bonchev–Trinajstić information content (AvgIpc) is 2.86. The number of aryl methyl sites for hydroxylation is 1. The summed E-state index contributed by atoms with van der Waals surface area (Å²) in [5.74, 6) is -0.166. The van der Waals surface area contributed by atoms with Gasteiger partial charge in [-0.05, 0) is 36.8 Å². The molecule has 1 aromatic carbocycles. The Bertz CT molecular complexity index is 905. The highest BCUT2D eigenvalue weighted by Gasteiger charge is 2.19. The SMILES string of the molecule is CCCc1ccc2c(N)c(C(=O)c3ccc(Cl)c(Cl)c3)sc2n1. The Balaban J connectivity index is 2.06. The molecule has 3 rings (SSSR count). The van der Waals surface area contributed by atoms with Crippen molar-refractivity contribution in [2.24, 2.45) is 0 Å². The largest absolute Gasteiger partial charge is 0.397 e. The number of aromatic nitrogens is 1. The molecule has 23 heavy (non-hydrogen) atoms. The standard InChI is InChI=1S/C17H14Cl2N2OS/c1-2-3-10-5-6-11-14(20)16(23-17(11)21-10)15(22)9-4-7-12(18)13(19)8-9/h4-8H,2-3,20H2,1H3. The van der Waals surface area contributed by atoms with E-state index < -0.39 is 0 Å². The molecular formula is C17H14Cl2N2OS. The van der Waals surface area contributed by atoms with Crippen LogP contribution in [0.15, 0.2) is 30.3 Å². The summed E-state index contributed by atoms with van der Waals surface area (Å²) in [6.45, 7) is 2.11. The summed E-state index contributed by atoms with van der Waals surface area (Å²) in [6, 6.07) is 8.72. The first-order chi connectivity index (χ1) is 11.0. The topological polar surface area (TPSA) is 56.0 Å². The fourth-order valence-electron chi connectivity index (χ4n) is 2.37. The van der Waals surface area contributed by atoms with Crippen LogP contribution in [0.1, 0.15) is 34.3 Å². The number of carbonyl (C=O) groups is 1. The maximum atomic E-state index is 12.7. The summed E-state index contributed by atoms with van der Waals surface area (Å²) in [5, 5.41) is 1.58. The summed E-state index contributed by atoms with van der Waals surface area (Å²) < 4.78 is 0. The Morgan fingerprint density at radius 3 is 2.70 bits per heavy atom. The number of fused-ring (bicyclic) bond motifs is 1. The van der Waals surface area contributed by atoms with Crippen molar-refractivity contribution in [1.82, 2.24) is 4.98 Å². The molecule has 0 aliphatic heterocycles. The Labute approximate surface area is 148 Å². The molecule has 118 valence electrons. The van der Waals surface area contributed by atoms with Gasteiger partial charge in [-0.3, -0.25) is 4.79 Å². The van der Waals surface area contributed by atoms with E-state index in [1.54, 1.807) is 18.2 Å². The lowest BCUT2D eigenvalue weighted by Gasteiger charge is -2.02. The number of anilines is 1. The summed E-state index contributed by atoms with van der Waals surface area (Å²) >= 11 is 13.2. The predicted molar refractivity (Wildman–Crippen MR) is 97.9 cm³/mol. The number of hydrogen-bond acceptors (Lipinski definition) is 4. The second-order valence-electron chi connectivity index (χ2n) is 5.21. The van der Waals surface area contributed by atoms with Crippen molar-refractivity contribution in [2.45, 2.75) is 19.8 Å². The predicted octanol–water partition coefficient (Wildman–Crippen LogP) is 5.37. The lowest BCUT2D eigenvalue weighted by Crippen LogP contribution is -2.02. The molecule has 2 N–H and O–H groups in total. The number of ketones is 1. The fourth-order valence-corrected chi connectivity index (χ4v) is 3.74. The van der Waals surface area contributed by atoms with Gasteiger partial charge in [0.2, 0.25) is 5.78 Å². The lowest BCUT2D eigenvalue weighted by atomic mass is 10.1. The van der Waals surface area contributed by atoms with Gasteiger partial charge in [0.25, 0.3) is 0 Å². The van der Waals surface area contributed by atoms with Crippen molar-refractivity contribution in [3.8, 4) is 0 Å². The molecule has 0 aliphatic rings. The zero-order valence-electron chi connectivity index (χ0n) is 12.4. The van der Waals surface area contributed by atoms with E-state index in [2.05, 4.69) is 11.9 Å². The number of thiophene rings is 1. The molecule has 0 amide bonds. The third-order valence-corrected chi connectivity index (χ3v) is 5.40. The molecule has 3 aromatic rings. The van der Waals surface area contributed by atoms with Gasteiger partial charge in [0.05, 0.1) is 15.7 Å². The fraction of sp³-hybridized carbons (Fsp3) is 0.176. The van der Waals surface area contributed by atoms with Crippen LogP contribution in [0, 0.1) is 0 Å². The first kappa shape index (κ1) is 16.2. The zero-order valence-corrected chi connectivity index (χ0v) is 14.7. The second kappa shape index (κ2) is 6.48. The Morgan fingerprint density at radius 1 is 1.22 bits per heavy atom. The van der Waals surface area contributed by atoms with Crippen molar-refractivity contribution >= 4 is 56.2 Å². The van der Waals surface area contributed by atoms with E-state index in [-0.39, 0.29) is 5.78 Å². The molecule has 2 aromatic heterocycles. The van der Waals surface area contributed by atoms with Crippen LogP contribution in [0.25, 0.3) is 10.2 Å². The molecule has 0 spiro atoms. The third-order valence-electron chi connectivity index (χ3n) is 3.55. The molecule has 0 aliphatic carbocycles. The average molecular weight is 365 g/mol. The highest BCUT2D eigenvalue weighted by molar-refractivity contribution is 7.21. The van der Waals surface area contributed by atoms with Crippen molar-refractivity contribution in [1.29, 1.82) is 0 Å². The first-order valence-electron chi connectivity index (χ1n) is 7.19. The van der Waals surface area contributed by atoms with Crippen molar-refractivity contribution in [3.05, 3.63) is 56.5 Å². The van der Waals surface area contributed by atoms with Crippen molar-refractivity contribution < 1.29 is 4.79 Å². The highest BCUT2D eigenvalue weighted by atomic mass is 35.5. The van der Waals surface area contributed by atoms with Gasteiger partial charge in [0.15, 0.2) is 0 Å². The number of rotatable bonds is 4. The van der Waals surface area contributed by atoms with Gasteiger partial charge in [-0.2, -0.15) is 0 Å². The Morgan fingerprint density at radius 2 is 2.00 bits per heavy atom. The summed E-state index contributed by atoms with van der Waals surface area (Å²) in [7, 11) is 0. The normalized spacial score (nSPS) is 11.1. The van der Waals surface area contributed by atoms with Gasteiger partial charge in [0, 0.05) is 16.6 Å². The molecule has 0 radical (unpaired) electrons. The Kier molecular flexibility index (Phi) is 4.57. The van der Waals surface area contributed by atoms with Crippen LogP contribution in [-0.4, -0.2) is 10.8 Å². The molecular weight excluding hydrogens is 351 g/mol. The maximum absolute atomic E-state index is 12.7. The third kappa shape index (κ3) is 3.07. The van der Waals surface area contributed by atoms with Crippen LogP contribution in [0.5, 0.6) is 0 Å². The van der Waals surface area contributed by atoms with E-state index in [1.807, 2.05) is 12.1 Å². The van der Waals surface area contributed by atoms with Crippen LogP contribution in [0.4, 0.5) is 5.69 Å². The van der Waals surface area contributed by atoms with Gasteiger partial charge in [0.1, 0.15) is 9.71 Å². The van der Waals surface area contributed by atoms with Crippen LogP contribution < -0.4 is 5.73 Å². The highest BCUT2D eigenvalue weighted by Crippen LogP contribution is 2.35. The van der Waals surface area contributed by atoms with Crippen LogP contribution in [0.2, 0.25) is 10.0 Å². The van der Waals surface area contributed by atoms with Gasteiger partial charge in [-0.15, -0.1) is 11.3 Å². The van der Waals surface area contributed by atoms with Crippen molar-refractivity contribution in [2.75, 3.05) is 5.73 Å². The zero-order chi connectivity index (χ0) is 16.6. The molecule has 0 saturated carbocycles. The molecule has 0 atom stereocenters. The van der Waals surface area contributed by atoms with E-state index in [1.165, 1.54) is 11.3 Å². The van der Waals surface area contributed by atoms with Gasteiger partial charge in [-0.25, -0.2) is 4.98 Å². The number of nitrogens with zero attached hydrogens (tertiary/aromatic N) is 1. The lowest BCUT2D eigenvalue weighted by molar-refractivity contribution is 0.104. The molecule has 0 unspecified atom stereocenters. The number of halogens is 2. The van der Waals surface area contributed by atoms with Crippen LogP contribution in [0.3, 0.4) is 0 Å². The number of nitrogen functional groups attached to an aromatic ring is 1. The van der Waals surface area contributed by atoms with E-state index in [9.17, 15) is 4.79 Å². The molecule has 6 heteroatoms. The van der Waals surface area contributed by atoms with Gasteiger partial charge >= 0.3 is 0 Å². The smallest absolute Gasteiger partial charge is 0.205 e. The van der Waals surface area contributed by atoms with Crippen LogP contribution >= 0.6 is 34.5 Å². The minimum absolute atomic E-state index is 0.166. The van der Waals surface area contributed by atoms with E-state index in [0.29, 0.717) is 26.2 Å². The van der Waals surface area contributed by atoms with Crippen LogP contribution in [-0.2, 0) is 6.42 Å². The summed E-state index contributed by atoms with van der Waals surface area (Å²) in [4.78, 5) is 18.6. The number of benzene rings is 1. The molecule has 0 fully saturated rings. The monoisotopic (exact) mass is 364 g/mol. The molecule has 0 saturated heterocycles. The molecule has 3 nitrogen and oxygen atoms in total. The van der Waals surface area contributed by atoms with E-state index in [0.717, 1.165) is 28.8 Å². The second-order valence-corrected chi connectivity index (χ2v) is 7.02. The maximum Gasteiger partial charge on any atom is 0.205 e. The number of carbonyl (C=O) groups excluding carboxylic acids is 1. The molecule has 0 bridgehead atoms. The van der Waals surface area contributed by atoms with Crippen molar-refractivity contribution in [3.63, 3.8) is 0 Å².